The van der Waals surface area contributed by atoms with E-state index in [9.17, 15) is 4.79 Å². The van der Waals surface area contributed by atoms with Crippen LogP contribution >= 0.6 is 0 Å². The number of ether oxygens (including phenoxy) is 2. The standard InChI is InChI=1S/C23H34N2O3/c1-27-20-10-5-9-19(21(20)28-2)16-25-13-6-11-23(22(25)26)12-14-24(17-23)15-18-7-3-4-8-18/h5,9-10,18H,3-4,6-8,11-17H2,1-2H3. The maximum absolute atomic E-state index is 13.5. The van der Waals surface area contributed by atoms with Crippen LogP contribution in [0.3, 0.4) is 0 Å². The molecule has 2 heterocycles. The summed E-state index contributed by atoms with van der Waals surface area (Å²) in [6, 6.07) is 5.91. The lowest BCUT2D eigenvalue weighted by molar-refractivity contribution is -0.146. The van der Waals surface area contributed by atoms with Gasteiger partial charge in [-0.3, -0.25) is 4.79 Å². The Bertz CT molecular complexity index is 701. The maximum atomic E-state index is 13.5. The van der Waals surface area contributed by atoms with Crippen LogP contribution in [0.15, 0.2) is 18.2 Å². The van der Waals surface area contributed by atoms with E-state index in [-0.39, 0.29) is 5.41 Å². The van der Waals surface area contributed by atoms with E-state index >= 15 is 0 Å². The average Bonchev–Trinajstić information content (AvgIpc) is 3.36. The van der Waals surface area contributed by atoms with E-state index in [1.165, 1.54) is 32.2 Å². The van der Waals surface area contributed by atoms with Crippen molar-refractivity contribution in [3.8, 4) is 11.5 Å². The van der Waals surface area contributed by atoms with Gasteiger partial charge >= 0.3 is 0 Å². The summed E-state index contributed by atoms with van der Waals surface area (Å²) < 4.78 is 11.0. The van der Waals surface area contributed by atoms with Crippen molar-refractivity contribution in [2.45, 2.75) is 51.5 Å². The third kappa shape index (κ3) is 3.73. The highest BCUT2D eigenvalue weighted by Crippen LogP contribution is 2.42. The Morgan fingerprint density at radius 1 is 1.07 bits per heavy atom. The van der Waals surface area contributed by atoms with Crippen molar-refractivity contribution in [3.63, 3.8) is 0 Å². The van der Waals surface area contributed by atoms with Gasteiger partial charge in [-0.2, -0.15) is 0 Å². The fourth-order valence-electron chi connectivity index (χ4n) is 5.64. The molecule has 1 saturated carbocycles. The number of likely N-dealkylation sites (tertiary alicyclic amines) is 2. The number of hydrogen-bond acceptors (Lipinski definition) is 4. The fraction of sp³-hybridized carbons (Fsp3) is 0.696. The highest BCUT2D eigenvalue weighted by atomic mass is 16.5. The number of carbonyl (C=O) groups excluding carboxylic acids is 1. The first kappa shape index (κ1) is 19.6. The summed E-state index contributed by atoms with van der Waals surface area (Å²) in [5.41, 5.74) is 0.858. The van der Waals surface area contributed by atoms with Gasteiger partial charge in [-0.25, -0.2) is 0 Å². The molecule has 1 unspecified atom stereocenters. The van der Waals surface area contributed by atoms with Gasteiger partial charge < -0.3 is 19.3 Å². The molecular formula is C23H34N2O3. The van der Waals surface area contributed by atoms with Crippen molar-refractivity contribution < 1.29 is 14.3 Å². The Balaban J connectivity index is 1.45. The van der Waals surface area contributed by atoms with Gasteiger partial charge in [0, 0.05) is 31.7 Å². The number of para-hydroxylation sites is 1. The molecule has 5 heteroatoms. The summed E-state index contributed by atoms with van der Waals surface area (Å²) in [6.45, 7) is 4.67. The summed E-state index contributed by atoms with van der Waals surface area (Å²) in [5.74, 6) is 2.66. The summed E-state index contributed by atoms with van der Waals surface area (Å²) in [6.07, 6.45) is 8.67. The maximum Gasteiger partial charge on any atom is 0.230 e. The van der Waals surface area contributed by atoms with Crippen molar-refractivity contribution in [1.82, 2.24) is 9.80 Å². The van der Waals surface area contributed by atoms with Crippen molar-refractivity contribution >= 4 is 5.91 Å². The van der Waals surface area contributed by atoms with Gasteiger partial charge in [-0.15, -0.1) is 0 Å². The zero-order valence-electron chi connectivity index (χ0n) is 17.4. The third-order valence-electron chi connectivity index (χ3n) is 7.09. The van der Waals surface area contributed by atoms with E-state index in [4.69, 9.17) is 9.47 Å². The van der Waals surface area contributed by atoms with E-state index in [1.807, 2.05) is 18.2 Å². The monoisotopic (exact) mass is 386 g/mol. The molecule has 1 amide bonds. The smallest absolute Gasteiger partial charge is 0.230 e. The molecule has 1 aromatic carbocycles. The van der Waals surface area contributed by atoms with E-state index in [0.717, 1.165) is 61.9 Å². The summed E-state index contributed by atoms with van der Waals surface area (Å²) in [4.78, 5) is 18.1. The molecule has 0 bridgehead atoms. The van der Waals surface area contributed by atoms with Crippen LogP contribution in [0.1, 0.15) is 50.5 Å². The SMILES string of the molecule is COc1cccc(CN2CCCC3(CCN(CC4CCCC4)C3)C2=O)c1OC. The molecule has 3 fully saturated rings. The number of carbonyl (C=O) groups is 1. The Labute approximate surface area is 169 Å². The zero-order valence-corrected chi connectivity index (χ0v) is 17.4. The molecule has 154 valence electrons. The first-order valence-electron chi connectivity index (χ1n) is 10.9. The highest BCUT2D eigenvalue weighted by molar-refractivity contribution is 5.84. The molecule has 0 aromatic heterocycles. The summed E-state index contributed by atoms with van der Waals surface area (Å²) >= 11 is 0. The summed E-state index contributed by atoms with van der Waals surface area (Å²) in [5, 5.41) is 0. The predicted octanol–water partition coefficient (Wildman–Crippen LogP) is 3.71. The molecule has 3 aliphatic rings. The molecule has 1 aromatic rings. The van der Waals surface area contributed by atoms with Gasteiger partial charge in [0.05, 0.1) is 19.6 Å². The van der Waals surface area contributed by atoms with Crippen LogP contribution < -0.4 is 9.47 Å². The highest BCUT2D eigenvalue weighted by Gasteiger charge is 2.48. The van der Waals surface area contributed by atoms with Gasteiger partial charge in [0.25, 0.3) is 0 Å². The molecule has 1 aliphatic carbocycles. The molecule has 28 heavy (non-hydrogen) atoms. The van der Waals surface area contributed by atoms with Crippen molar-refractivity contribution in [2.24, 2.45) is 11.3 Å². The quantitative estimate of drug-likeness (QED) is 0.747. The second kappa shape index (κ2) is 8.32. The van der Waals surface area contributed by atoms with Crippen LogP contribution in [0.5, 0.6) is 11.5 Å². The molecule has 4 rings (SSSR count). The van der Waals surface area contributed by atoms with Gasteiger partial charge in [0.1, 0.15) is 0 Å². The minimum absolute atomic E-state index is 0.164. The Morgan fingerprint density at radius 2 is 1.89 bits per heavy atom. The van der Waals surface area contributed by atoms with Gasteiger partial charge in [0.2, 0.25) is 5.91 Å². The first-order valence-corrected chi connectivity index (χ1v) is 10.9. The van der Waals surface area contributed by atoms with E-state index < -0.39 is 0 Å². The molecule has 0 N–H and O–H groups in total. The fourth-order valence-corrected chi connectivity index (χ4v) is 5.64. The number of hydrogen-bond donors (Lipinski definition) is 0. The molecule has 1 atom stereocenters. The summed E-state index contributed by atoms with van der Waals surface area (Å²) in [7, 11) is 3.32. The number of benzene rings is 1. The van der Waals surface area contributed by atoms with Gasteiger partial charge in [-0.05, 0) is 50.6 Å². The number of amides is 1. The molecular weight excluding hydrogens is 352 g/mol. The van der Waals surface area contributed by atoms with Crippen LogP contribution in [0, 0.1) is 11.3 Å². The lowest BCUT2D eigenvalue weighted by Crippen LogP contribution is -2.49. The minimum Gasteiger partial charge on any atom is -0.493 e. The van der Waals surface area contributed by atoms with Crippen molar-refractivity contribution in [2.75, 3.05) is 40.4 Å². The van der Waals surface area contributed by atoms with Crippen LogP contribution in [0.2, 0.25) is 0 Å². The molecule has 5 nitrogen and oxygen atoms in total. The second-order valence-corrected chi connectivity index (χ2v) is 8.90. The van der Waals surface area contributed by atoms with E-state index in [0.29, 0.717) is 12.5 Å². The molecule has 2 aliphatic heterocycles. The predicted molar refractivity (Wildman–Crippen MR) is 110 cm³/mol. The number of rotatable bonds is 6. The number of methoxy groups -OCH3 is 2. The topological polar surface area (TPSA) is 42.0 Å². The molecule has 2 saturated heterocycles. The van der Waals surface area contributed by atoms with Crippen LogP contribution in [0.25, 0.3) is 0 Å². The average molecular weight is 387 g/mol. The van der Waals surface area contributed by atoms with Gasteiger partial charge in [0.15, 0.2) is 11.5 Å². The Hall–Kier alpha value is -1.75. The molecule has 0 radical (unpaired) electrons. The third-order valence-corrected chi connectivity index (χ3v) is 7.09. The zero-order chi connectivity index (χ0) is 19.6. The number of nitrogens with zero attached hydrogens (tertiary/aromatic N) is 2. The minimum atomic E-state index is -0.164. The van der Waals surface area contributed by atoms with E-state index in [2.05, 4.69) is 9.80 Å². The Kier molecular flexibility index (Phi) is 5.81. The largest absolute Gasteiger partial charge is 0.493 e. The first-order chi connectivity index (χ1) is 13.6. The van der Waals surface area contributed by atoms with E-state index in [1.54, 1.807) is 14.2 Å². The van der Waals surface area contributed by atoms with Crippen LogP contribution in [0.4, 0.5) is 0 Å². The van der Waals surface area contributed by atoms with Crippen LogP contribution in [-0.4, -0.2) is 56.1 Å². The van der Waals surface area contributed by atoms with Gasteiger partial charge in [-0.1, -0.05) is 25.0 Å². The number of piperidine rings is 1. The normalized spacial score (nSPS) is 26.4. The van der Waals surface area contributed by atoms with Crippen molar-refractivity contribution in [1.29, 1.82) is 0 Å². The molecule has 1 spiro atoms. The second-order valence-electron chi connectivity index (χ2n) is 8.90. The lowest BCUT2D eigenvalue weighted by atomic mass is 9.78. The van der Waals surface area contributed by atoms with Crippen molar-refractivity contribution in [3.05, 3.63) is 23.8 Å². The Morgan fingerprint density at radius 3 is 2.64 bits per heavy atom. The lowest BCUT2D eigenvalue weighted by Gasteiger charge is -2.39. The van der Waals surface area contributed by atoms with Crippen LogP contribution in [-0.2, 0) is 11.3 Å².